The first kappa shape index (κ1) is 18.7. The maximum atomic E-state index is 13.0. The van der Waals surface area contributed by atoms with Gasteiger partial charge in [0.2, 0.25) is 0 Å². The van der Waals surface area contributed by atoms with E-state index in [4.69, 9.17) is 11.6 Å². The first-order chi connectivity index (χ1) is 12.5. The van der Waals surface area contributed by atoms with E-state index in [9.17, 15) is 9.59 Å². The molecule has 1 amide bonds. The zero-order chi connectivity index (χ0) is 18.7. The Hall–Kier alpha value is -2.11. The second-order valence-corrected chi connectivity index (χ2v) is 7.46. The standard InChI is InChI=1S/C20H24ClN3O2/c1-23(2)13-14-6-8-15(9-7-14)18-5-3-4-10-24(18)20(26)16-11-17(21)19(25)22-12-16/h6-9,11-12,18H,3-5,10,13H2,1-2H3,(H,22,25). The topological polar surface area (TPSA) is 56.4 Å². The Labute approximate surface area is 158 Å². The summed E-state index contributed by atoms with van der Waals surface area (Å²) in [7, 11) is 4.09. The number of likely N-dealkylation sites (tertiary alicyclic amines) is 1. The number of carbonyl (C=O) groups excluding carboxylic acids is 1. The van der Waals surface area contributed by atoms with Crippen molar-refractivity contribution in [2.75, 3.05) is 20.6 Å². The fourth-order valence-electron chi connectivity index (χ4n) is 3.48. The van der Waals surface area contributed by atoms with Gasteiger partial charge >= 0.3 is 0 Å². The van der Waals surface area contributed by atoms with Crippen LogP contribution in [-0.4, -0.2) is 41.3 Å². The number of aromatic nitrogens is 1. The average molecular weight is 374 g/mol. The molecule has 138 valence electrons. The number of carbonyl (C=O) groups is 1. The predicted octanol–water partition coefficient (Wildman–Crippen LogP) is 3.46. The van der Waals surface area contributed by atoms with Crippen LogP contribution in [0.15, 0.2) is 41.3 Å². The molecule has 0 radical (unpaired) electrons. The number of hydrogen-bond acceptors (Lipinski definition) is 3. The quantitative estimate of drug-likeness (QED) is 0.892. The van der Waals surface area contributed by atoms with Gasteiger partial charge in [0.15, 0.2) is 0 Å². The van der Waals surface area contributed by atoms with Crippen LogP contribution in [0.25, 0.3) is 0 Å². The minimum absolute atomic E-state index is 0.0393. The zero-order valence-electron chi connectivity index (χ0n) is 15.2. The molecule has 3 rings (SSSR count). The molecule has 1 aliphatic rings. The third kappa shape index (κ3) is 4.17. The first-order valence-corrected chi connectivity index (χ1v) is 9.26. The van der Waals surface area contributed by atoms with Gasteiger partial charge in [-0.05, 0) is 50.6 Å². The molecule has 1 aromatic heterocycles. The molecule has 1 saturated heterocycles. The van der Waals surface area contributed by atoms with Gasteiger partial charge in [0.1, 0.15) is 5.02 Å². The summed E-state index contributed by atoms with van der Waals surface area (Å²) in [6, 6.07) is 10.0. The molecule has 1 aromatic carbocycles. The highest BCUT2D eigenvalue weighted by Gasteiger charge is 2.29. The van der Waals surface area contributed by atoms with Gasteiger partial charge in [-0.1, -0.05) is 35.9 Å². The van der Waals surface area contributed by atoms with Crippen molar-refractivity contribution in [3.63, 3.8) is 0 Å². The van der Waals surface area contributed by atoms with Gasteiger partial charge in [-0.3, -0.25) is 9.59 Å². The number of hydrogen-bond donors (Lipinski definition) is 1. The van der Waals surface area contributed by atoms with Crippen molar-refractivity contribution >= 4 is 17.5 Å². The van der Waals surface area contributed by atoms with Gasteiger partial charge in [-0.2, -0.15) is 0 Å². The van der Waals surface area contributed by atoms with Crippen LogP contribution < -0.4 is 5.56 Å². The summed E-state index contributed by atoms with van der Waals surface area (Å²) >= 11 is 5.89. The molecule has 1 N–H and O–H groups in total. The van der Waals surface area contributed by atoms with Crippen molar-refractivity contribution < 1.29 is 4.79 Å². The Kier molecular flexibility index (Phi) is 5.79. The first-order valence-electron chi connectivity index (χ1n) is 8.88. The lowest BCUT2D eigenvalue weighted by atomic mass is 9.94. The number of halogens is 1. The van der Waals surface area contributed by atoms with Gasteiger partial charge in [-0.25, -0.2) is 0 Å². The molecule has 0 spiro atoms. The molecule has 2 heterocycles. The Bertz CT molecular complexity index is 830. The summed E-state index contributed by atoms with van der Waals surface area (Å²) < 4.78 is 0. The molecular formula is C20H24ClN3O2. The summed E-state index contributed by atoms with van der Waals surface area (Å²) in [6.45, 7) is 1.60. The van der Waals surface area contributed by atoms with Gasteiger partial charge < -0.3 is 14.8 Å². The third-order valence-electron chi connectivity index (χ3n) is 4.73. The van der Waals surface area contributed by atoms with Crippen molar-refractivity contribution in [2.45, 2.75) is 31.8 Å². The largest absolute Gasteiger partial charge is 0.332 e. The van der Waals surface area contributed by atoms with Crippen molar-refractivity contribution in [3.05, 3.63) is 68.6 Å². The van der Waals surface area contributed by atoms with Gasteiger partial charge in [-0.15, -0.1) is 0 Å². The van der Waals surface area contributed by atoms with Gasteiger partial charge in [0, 0.05) is 19.3 Å². The van der Waals surface area contributed by atoms with Crippen LogP contribution >= 0.6 is 11.6 Å². The van der Waals surface area contributed by atoms with E-state index in [1.54, 1.807) is 0 Å². The van der Waals surface area contributed by atoms with Crippen molar-refractivity contribution in [3.8, 4) is 0 Å². The van der Waals surface area contributed by atoms with E-state index < -0.39 is 0 Å². The van der Waals surface area contributed by atoms with Crippen molar-refractivity contribution in [1.82, 2.24) is 14.8 Å². The summed E-state index contributed by atoms with van der Waals surface area (Å²) in [5, 5.41) is 0.0393. The molecule has 2 aromatic rings. The van der Waals surface area contributed by atoms with Crippen LogP contribution in [-0.2, 0) is 6.54 Å². The Morgan fingerprint density at radius 3 is 2.65 bits per heavy atom. The smallest absolute Gasteiger partial charge is 0.266 e. The minimum Gasteiger partial charge on any atom is -0.332 e. The number of nitrogens with zero attached hydrogens (tertiary/aromatic N) is 2. The van der Waals surface area contributed by atoms with E-state index in [1.165, 1.54) is 17.8 Å². The zero-order valence-corrected chi connectivity index (χ0v) is 15.9. The number of rotatable bonds is 4. The van der Waals surface area contributed by atoms with E-state index in [1.807, 2.05) is 19.0 Å². The number of pyridine rings is 1. The highest BCUT2D eigenvalue weighted by atomic mass is 35.5. The molecule has 0 bridgehead atoms. The fraction of sp³-hybridized carbons (Fsp3) is 0.400. The van der Waals surface area contributed by atoms with Gasteiger partial charge in [0.25, 0.3) is 11.5 Å². The summed E-state index contributed by atoms with van der Waals surface area (Å²) in [6.07, 6.45) is 4.47. The number of aromatic amines is 1. The second-order valence-electron chi connectivity index (χ2n) is 7.05. The molecule has 0 aliphatic carbocycles. The van der Waals surface area contributed by atoms with E-state index in [2.05, 4.69) is 34.1 Å². The molecule has 1 unspecified atom stereocenters. The number of benzene rings is 1. The molecule has 6 heteroatoms. The lowest BCUT2D eigenvalue weighted by molar-refractivity contribution is 0.0611. The summed E-state index contributed by atoms with van der Waals surface area (Å²) in [5.41, 5.74) is 2.44. The van der Waals surface area contributed by atoms with Crippen LogP contribution in [0.1, 0.15) is 46.8 Å². The highest BCUT2D eigenvalue weighted by molar-refractivity contribution is 6.30. The summed E-state index contributed by atoms with van der Waals surface area (Å²) in [4.78, 5) is 31.0. The molecule has 1 fully saturated rings. The molecule has 1 aliphatic heterocycles. The second kappa shape index (κ2) is 8.06. The molecule has 5 nitrogen and oxygen atoms in total. The number of nitrogens with one attached hydrogen (secondary N) is 1. The predicted molar refractivity (Wildman–Crippen MR) is 104 cm³/mol. The average Bonchev–Trinajstić information content (AvgIpc) is 2.63. The van der Waals surface area contributed by atoms with Crippen LogP contribution in [0.4, 0.5) is 0 Å². The Balaban J connectivity index is 1.84. The van der Waals surface area contributed by atoms with E-state index in [0.29, 0.717) is 12.1 Å². The monoisotopic (exact) mass is 373 g/mol. The van der Waals surface area contributed by atoms with Gasteiger partial charge in [0.05, 0.1) is 11.6 Å². The van der Waals surface area contributed by atoms with Crippen molar-refractivity contribution in [1.29, 1.82) is 0 Å². The molecule has 26 heavy (non-hydrogen) atoms. The number of amides is 1. The number of H-pyrrole nitrogens is 1. The molecular weight excluding hydrogens is 350 g/mol. The fourth-order valence-corrected chi connectivity index (χ4v) is 3.65. The Morgan fingerprint density at radius 2 is 2.00 bits per heavy atom. The highest BCUT2D eigenvalue weighted by Crippen LogP contribution is 2.32. The molecule has 1 atom stereocenters. The third-order valence-corrected chi connectivity index (χ3v) is 5.01. The maximum absolute atomic E-state index is 13.0. The van der Waals surface area contributed by atoms with E-state index in [0.717, 1.165) is 31.4 Å². The lowest BCUT2D eigenvalue weighted by Crippen LogP contribution is -2.38. The van der Waals surface area contributed by atoms with E-state index >= 15 is 0 Å². The van der Waals surface area contributed by atoms with Crippen LogP contribution in [0.3, 0.4) is 0 Å². The number of piperidine rings is 1. The summed E-state index contributed by atoms with van der Waals surface area (Å²) in [5.74, 6) is -0.0924. The minimum atomic E-state index is -0.380. The Morgan fingerprint density at radius 1 is 1.27 bits per heavy atom. The lowest BCUT2D eigenvalue weighted by Gasteiger charge is -2.36. The van der Waals surface area contributed by atoms with Crippen LogP contribution in [0.5, 0.6) is 0 Å². The van der Waals surface area contributed by atoms with E-state index in [-0.39, 0.29) is 22.5 Å². The van der Waals surface area contributed by atoms with Crippen molar-refractivity contribution in [2.24, 2.45) is 0 Å². The van der Waals surface area contributed by atoms with Crippen LogP contribution in [0, 0.1) is 0 Å². The maximum Gasteiger partial charge on any atom is 0.266 e. The molecule has 0 saturated carbocycles. The SMILES string of the molecule is CN(C)Cc1ccc(C2CCCCN2C(=O)c2c[nH]c(=O)c(Cl)c2)cc1. The van der Waals surface area contributed by atoms with Crippen LogP contribution in [0.2, 0.25) is 5.02 Å². The normalized spacial score (nSPS) is 17.5.